The molecule has 2 aromatic rings. The molecule has 10 heteroatoms. The largest absolute Gasteiger partial charge is 1.00 e. The van der Waals surface area contributed by atoms with E-state index in [1.807, 2.05) is 30.3 Å². The maximum absolute atomic E-state index is 13.1. The molecule has 1 fully saturated rings. The molecule has 0 saturated carbocycles. The van der Waals surface area contributed by atoms with Crippen LogP contribution in [-0.4, -0.2) is 75.9 Å². The molecule has 0 unspecified atom stereocenters. The molecule has 2 aromatic carbocycles. The smallest absolute Gasteiger partial charge is 0.550 e. The Morgan fingerprint density at radius 3 is 2.44 bits per heavy atom. The number of nitrogens with zero attached hydrogens (tertiary/aromatic N) is 1. The van der Waals surface area contributed by atoms with Gasteiger partial charge in [0, 0.05) is 18.1 Å². The van der Waals surface area contributed by atoms with E-state index < -0.39 is 36.5 Å². The number of ether oxygens (including phenoxy) is 1. The molecule has 0 aromatic heterocycles. The van der Waals surface area contributed by atoms with Crippen molar-refractivity contribution in [1.82, 2.24) is 5.06 Å². The summed E-state index contributed by atoms with van der Waals surface area (Å²) in [5.41, 5.74) is 0.426. The summed E-state index contributed by atoms with van der Waals surface area (Å²) in [6.45, 7) is 1.80. The van der Waals surface area contributed by atoms with Gasteiger partial charge in [-0.1, -0.05) is 30.3 Å². The molecule has 9 nitrogen and oxygen atoms in total. The molecule has 1 heterocycles. The molecule has 5 atom stereocenters. The van der Waals surface area contributed by atoms with Crippen LogP contribution in [0.3, 0.4) is 0 Å². The molecule has 1 amide bonds. The molecule has 0 bridgehead atoms. The van der Waals surface area contributed by atoms with Gasteiger partial charge in [0.2, 0.25) is 0 Å². The average molecular weight is 483 g/mol. The van der Waals surface area contributed by atoms with Crippen molar-refractivity contribution >= 4 is 22.6 Å². The van der Waals surface area contributed by atoms with E-state index in [-0.39, 0.29) is 61.5 Å². The third-order valence-electron chi connectivity index (χ3n) is 5.80. The van der Waals surface area contributed by atoms with Gasteiger partial charge >= 0.3 is 29.6 Å². The Morgan fingerprint density at radius 1 is 1.03 bits per heavy atom. The minimum absolute atomic E-state index is 0. The average Bonchev–Trinajstić information content (AvgIpc) is 2.81. The molecule has 1 aliphatic heterocycles. The van der Waals surface area contributed by atoms with E-state index >= 15 is 0 Å². The zero-order valence-corrected chi connectivity index (χ0v) is 21.5. The Labute approximate surface area is 220 Å². The number of rotatable bonds is 10. The Balaban J connectivity index is 0.00000408. The standard InChI is InChI=1S/C24H31NO8.Na/c1-15-21(28)23(30)22(29)19(33-15)8-4-12-25(32-13-5-9-20(26)27)24(31)18-11-10-16-6-2-3-7-17(16)14-18;/h2-3,6-7,10-11,14-15,19,21-23,28-30H,4-5,8-9,12-13H2,1H3,(H,26,27);/q;+1/p-1/t15-,19-,21+,22+,23+;/m0./s1. The van der Waals surface area contributed by atoms with Crippen LogP contribution in [0.15, 0.2) is 42.5 Å². The molecule has 0 aliphatic carbocycles. The summed E-state index contributed by atoms with van der Waals surface area (Å²) in [4.78, 5) is 29.4. The second-order valence-electron chi connectivity index (χ2n) is 8.27. The maximum Gasteiger partial charge on any atom is 1.00 e. The molecule has 0 radical (unpaired) electrons. The maximum atomic E-state index is 13.1. The van der Waals surface area contributed by atoms with Gasteiger partial charge in [-0.2, -0.15) is 0 Å². The molecular weight excluding hydrogens is 453 g/mol. The van der Waals surface area contributed by atoms with Crippen molar-refractivity contribution in [3.05, 3.63) is 48.0 Å². The third-order valence-corrected chi connectivity index (χ3v) is 5.80. The van der Waals surface area contributed by atoms with Gasteiger partial charge in [0.25, 0.3) is 5.91 Å². The number of fused-ring (bicyclic) bond motifs is 1. The molecular formula is C24H30NNaO8. The fourth-order valence-corrected chi connectivity index (χ4v) is 3.89. The second-order valence-corrected chi connectivity index (χ2v) is 8.27. The van der Waals surface area contributed by atoms with Crippen LogP contribution < -0.4 is 34.7 Å². The van der Waals surface area contributed by atoms with Crippen LogP contribution in [0.4, 0.5) is 0 Å². The summed E-state index contributed by atoms with van der Waals surface area (Å²) in [6.07, 6.45) is -4.35. The number of aliphatic hydroxyl groups excluding tert-OH is 3. The van der Waals surface area contributed by atoms with E-state index in [4.69, 9.17) is 9.57 Å². The van der Waals surface area contributed by atoms with Crippen molar-refractivity contribution in [1.29, 1.82) is 0 Å². The summed E-state index contributed by atoms with van der Waals surface area (Å²) in [5.74, 6) is -1.56. The van der Waals surface area contributed by atoms with Gasteiger partial charge in [0.05, 0.1) is 18.8 Å². The predicted molar refractivity (Wildman–Crippen MR) is 117 cm³/mol. The van der Waals surface area contributed by atoms with Crippen molar-refractivity contribution in [2.75, 3.05) is 13.2 Å². The SMILES string of the molecule is C[C@@H]1O[C@@H](CCCN(OCCCC(=O)[O-])C(=O)c2ccc3ccccc3c2)[C@@H](O)[C@H](O)[C@@H]1O.[Na+]. The van der Waals surface area contributed by atoms with Crippen LogP contribution >= 0.6 is 0 Å². The predicted octanol–water partition coefficient (Wildman–Crippen LogP) is -2.60. The van der Waals surface area contributed by atoms with Crippen LogP contribution in [0.1, 0.15) is 43.0 Å². The van der Waals surface area contributed by atoms with Crippen LogP contribution in [0.25, 0.3) is 10.8 Å². The fourth-order valence-electron chi connectivity index (χ4n) is 3.89. The van der Waals surface area contributed by atoms with Gasteiger partial charge in [-0.05, 0) is 55.5 Å². The van der Waals surface area contributed by atoms with Crippen molar-refractivity contribution in [3.63, 3.8) is 0 Å². The minimum atomic E-state index is -1.31. The molecule has 34 heavy (non-hydrogen) atoms. The number of carboxylic acids is 1. The molecule has 0 spiro atoms. The van der Waals surface area contributed by atoms with Crippen LogP contribution in [0, 0.1) is 0 Å². The summed E-state index contributed by atoms with van der Waals surface area (Å²) < 4.78 is 5.60. The summed E-state index contributed by atoms with van der Waals surface area (Å²) in [7, 11) is 0. The number of carbonyl (C=O) groups excluding carboxylic acids is 2. The number of benzene rings is 2. The molecule has 1 saturated heterocycles. The Hall–Kier alpha value is -1.56. The topological polar surface area (TPSA) is 140 Å². The van der Waals surface area contributed by atoms with Gasteiger partial charge in [-0.25, -0.2) is 5.06 Å². The zero-order chi connectivity index (χ0) is 24.0. The van der Waals surface area contributed by atoms with E-state index in [0.29, 0.717) is 18.4 Å². The van der Waals surface area contributed by atoms with Gasteiger partial charge < -0.3 is 30.0 Å². The van der Waals surface area contributed by atoms with Crippen molar-refractivity contribution in [2.45, 2.75) is 63.1 Å². The molecule has 1 aliphatic rings. The van der Waals surface area contributed by atoms with Crippen molar-refractivity contribution in [3.8, 4) is 0 Å². The summed E-state index contributed by atoms with van der Waals surface area (Å²) in [5, 5.41) is 43.7. The van der Waals surface area contributed by atoms with Crippen molar-refractivity contribution in [2.24, 2.45) is 0 Å². The first kappa shape index (κ1) is 28.7. The Bertz CT molecular complexity index is 957. The van der Waals surface area contributed by atoms with Crippen molar-refractivity contribution < 1.29 is 69.1 Å². The van der Waals surface area contributed by atoms with E-state index in [1.54, 1.807) is 19.1 Å². The number of hydrogen-bond donors (Lipinski definition) is 3. The monoisotopic (exact) mass is 483 g/mol. The van der Waals surface area contributed by atoms with Crippen LogP contribution in [0.2, 0.25) is 0 Å². The minimum Gasteiger partial charge on any atom is -0.550 e. The van der Waals surface area contributed by atoms with E-state index in [0.717, 1.165) is 10.8 Å². The van der Waals surface area contributed by atoms with Gasteiger partial charge in [-0.3, -0.25) is 9.63 Å². The third kappa shape index (κ3) is 7.47. The van der Waals surface area contributed by atoms with Crippen LogP contribution in [-0.2, 0) is 14.4 Å². The number of carbonyl (C=O) groups is 2. The second kappa shape index (κ2) is 13.5. The van der Waals surface area contributed by atoms with Gasteiger partial charge in [-0.15, -0.1) is 0 Å². The zero-order valence-electron chi connectivity index (χ0n) is 19.5. The first-order chi connectivity index (χ1) is 15.8. The molecule has 3 rings (SSSR count). The Kier molecular flexibility index (Phi) is 11.4. The number of hydroxylamine groups is 2. The van der Waals surface area contributed by atoms with E-state index in [9.17, 15) is 30.0 Å². The quantitative estimate of drug-likeness (QED) is 0.190. The number of carboxylic acid groups (broad SMARTS) is 1. The molecule has 180 valence electrons. The first-order valence-corrected chi connectivity index (χ1v) is 11.1. The fraction of sp³-hybridized carbons (Fsp3) is 0.500. The number of amides is 1. The normalized spacial score (nSPS) is 24.4. The summed E-state index contributed by atoms with van der Waals surface area (Å²) in [6, 6.07) is 13.0. The van der Waals surface area contributed by atoms with Crippen LogP contribution in [0.5, 0.6) is 0 Å². The Morgan fingerprint density at radius 2 is 1.74 bits per heavy atom. The number of aliphatic hydroxyl groups is 3. The first-order valence-electron chi connectivity index (χ1n) is 11.1. The summed E-state index contributed by atoms with van der Waals surface area (Å²) >= 11 is 0. The molecule has 3 N–H and O–H groups in total. The number of aliphatic carboxylic acids is 1. The number of hydrogen-bond acceptors (Lipinski definition) is 8. The van der Waals surface area contributed by atoms with Gasteiger partial charge in [0.15, 0.2) is 0 Å². The van der Waals surface area contributed by atoms with Gasteiger partial charge in [0.1, 0.15) is 18.3 Å². The van der Waals surface area contributed by atoms with E-state index in [2.05, 4.69) is 0 Å². The van der Waals surface area contributed by atoms with E-state index in [1.165, 1.54) is 5.06 Å².